The van der Waals surface area contributed by atoms with Crippen LogP contribution in [-0.4, -0.2) is 63.5 Å². The summed E-state index contributed by atoms with van der Waals surface area (Å²) in [5, 5.41) is 11.0. The first kappa shape index (κ1) is 28.2. The topological polar surface area (TPSA) is 157 Å². The van der Waals surface area contributed by atoms with Crippen LogP contribution in [0.15, 0.2) is 17.0 Å². The molecule has 11 nitrogen and oxygen atoms in total. The van der Waals surface area contributed by atoms with E-state index in [1.807, 2.05) is 0 Å². The summed E-state index contributed by atoms with van der Waals surface area (Å²) in [6, 6.07) is 1.63. The third-order valence-electron chi connectivity index (χ3n) is 4.14. The number of sulfonamides is 1. The van der Waals surface area contributed by atoms with Crippen molar-refractivity contribution in [3.8, 4) is 5.75 Å². The second kappa shape index (κ2) is 11.8. The molecule has 1 aromatic carbocycles. The summed E-state index contributed by atoms with van der Waals surface area (Å²) in [5.41, 5.74) is -0.0466. The standard InChI is InChI=1S/C21H32N2O9S/c1-13-10-15(31-9-7-8-17(24)25)11-14(2)18(13)33(28,29)23-16(19(26)30-6)12-22-20(27)32-21(3,4)5/h10-11,16,23H,7-9,12H2,1-6H3,(H,22,27)(H,24,25)/t16-/m0/s1. The molecule has 0 aromatic heterocycles. The fourth-order valence-electron chi connectivity index (χ4n) is 2.89. The number of carboxylic acids is 1. The van der Waals surface area contributed by atoms with Crippen molar-refractivity contribution in [2.45, 2.75) is 64.0 Å². The minimum Gasteiger partial charge on any atom is -0.494 e. The van der Waals surface area contributed by atoms with Crippen LogP contribution in [0.3, 0.4) is 0 Å². The number of carboxylic acid groups (broad SMARTS) is 1. The zero-order valence-corrected chi connectivity index (χ0v) is 20.5. The largest absolute Gasteiger partial charge is 0.494 e. The first-order valence-electron chi connectivity index (χ1n) is 10.2. The monoisotopic (exact) mass is 488 g/mol. The Morgan fingerprint density at radius 2 is 1.70 bits per heavy atom. The molecule has 0 aliphatic carbocycles. The van der Waals surface area contributed by atoms with Crippen molar-refractivity contribution in [1.29, 1.82) is 0 Å². The predicted octanol–water partition coefficient (Wildman–Crippen LogP) is 1.89. The first-order valence-corrected chi connectivity index (χ1v) is 11.7. The van der Waals surface area contributed by atoms with Gasteiger partial charge >= 0.3 is 18.0 Å². The van der Waals surface area contributed by atoms with E-state index in [-0.39, 0.29) is 24.5 Å². The lowest BCUT2D eigenvalue weighted by molar-refractivity contribution is -0.142. The molecule has 0 fully saturated rings. The fraction of sp³-hybridized carbons (Fsp3) is 0.571. The maximum Gasteiger partial charge on any atom is 0.407 e. The lowest BCUT2D eigenvalue weighted by Gasteiger charge is -2.22. The van der Waals surface area contributed by atoms with E-state index in [0.29, 0.717) is 23.3 Å². The Morgan fingerprint density at radius 3 is 2.18 bits per heavy atom. The van der Waals surface area contributed by atoms with Gasteiger partial charge in [0.1, 0.15) is 17.4 Å². The average Bonchev–Trinajstić information content (AvgIpc) is 2.65. The third-order valence-corrected chi connectivity index (χ3v) is 5.92. The van der Waals surface area contributed by atoms with Gasteiger partial charge in [0.15, 0.2) is 0 Å². The van der Waals surface area contributed by atoms with Crippen molar-refractivity contribution in [3.05, 3.63) is 23.3 Å². The van der Waals surface area contributed by atoms with Crippen LogP contribution in [0, 0.1) is 13.8 Å². The van der Waals surface area contributed by atoms with Gasteiger partial charge in [-0.15, -0.1) is 0 Å². The minimum absolute atomic E-state index is 0.0411. The average molecular weight is 489 g/mol. The zero-order valence-electron chi connectivity index (χ0n) is 19.7. The molecule has 12 heteroatoms. The fourth-order valence-corrected chi connectivity index (χ4v) is 4.53. The number of ether oxygens (including phenoxy) is 3. The lowest BCUT2D eigenvalue weighted by atomic mass is 10.1. The van der Waals surface area contributed by atoms with Crippen LogP contribution < -0.4 is 14.8 Å². The van der Waals surface area contributed by atoms with Gasteiger partial charge in [0, 0.05) is 13.0 Å². The number of aliphatic carboxylic acids is 1. The number of hydrogen-bond donors (Lipinski definition) is 3. The second-order valence-electron chi connectivity index (χ2n) is 8.31. The van der Waals surface area contributed by atoms with Gasteiger partial charge in [-0.25, -0.2) is 13.2 Å². The van der Waals surface area contributed by atoms with Gasteiger partial charge in [0.25, 0.3) is 0 Å². The summed E-state index contributed by atoms with van der Waals surface area (Å²) in [6.07, 6.45) is -0.548. The number of hydrogen-bond acceptors (Lipinski definition) is 8. The Balaban J connectivity index is 2.99. The van der Waals surface area contributed by atoms with E-state index in [9.17, 15) is 22.8 Å². The van der Waals surface area contributed by atoms with Crippen LogP contribution in [0.5, 0.6) is 5.75 Å². The molecule has 0 aliphatic heterocycles. The van der Waals surface area contributed by atoms with E-state index in [1.54, 1.807) is 34.6 Å². The van der Waals surface area contributed by atoms with Crippen LogP contribution in [0.4, 0.5) is 4.79 Å². The highest BCUT2D eigenvalue weighted by Gasteiger charge is 2.30. The molecule has 1 atom stereocenters. The molecular formula is C21H32N2O9S. The minimum atomic E-state index is -4.19. The maximum atomic E-state index is 13.1. The quantitative estimate of drug-likeness (QED) is 0.312. The Morgan fingerprint density at radius 1 is 1.12 bits per heavy atom. The molecule has 0 saturated heterocycles. The molecule has 0 aliphatic rings. The SMILES string of the molecule is COC(=O)[C@H](CNC(=O)OC(C)(C)C)NS(=O)(=O)c1c(C)cc(OCCCC(=O)O)cc1C. The number of carbonyl (C=O) groups is 3. The van der Waals surface area contributed by atoms with Crippen LogP contribution >= 0.6 is 0 Å². The van der Waals surface area contributed by atoms with Crippen LogP contribution in [0.25, 0.3) is 0 Å². The van der Waals surface area contributed by atoms with E-state index in [2.05, 4.69) is 14.8 Å². The van der Waals surface area contributed by atoms with E-state index < -0.39 is 39.7 Å². The van der Waals surface area contributed by atoms with Gasteiger partial charge in [0.2, 0.25) is 10.0 Å². The van der Waals surface area contributed by atoms with Crippen LogP contribution in [-0.2, 0) is 29.1 Å². The van der Waals surface area contributed by atoms with Gasteiger partial charge in [0.05, 0.1) is 18.6 Å². The molecule has 186 valence electrons. The highest BCUT2D eigenvalue weighted by Crippen LogP contribution is 2.26. The molecule has 1 aromatic rings. The molecule has 1 amide bonds. The third kappa shape index (κ3) is 9.66. The van der Waals surface area contributed by atoms with Gasteiger partial charge in [-0.1, -0.05) is 0 Å². The van der Waals surface area contributed by atoms with E-state index >= 15 is 0 Å². The normalized spacial score (nSPS) is 12.5. The molecule has 0 radical (unpaired) electrons. The lowest BCUT2D eigenvalue weighted by Crippen LogP contribution is -2.49. The van der Waals surface area contributed by atoms with Crippen LogP contribution in [0.1, 0.15) is 44.7 Å². The molecule has 0 spiro atoms. The summed E-state index contributed by atoms with van der Waals surface area (Å²) in [5.74, 6) is -1.42. The van der Waals surface area contributed by atoms with E-state index in [4.69, 9.17) is 14.6 Å². The number of alkyl carbamates (subject to hydrolysis) is 1. The Bertz CT molecular complexity index is 945. The molecule has 0 unspecified atom stereocenters. The van der Waals surface area contributed by atoms with Crippen molar-refractivity contribution < 1.29 is 42.1 Å². The number of amides is 1. The maximum absolute atomic E-state index is 13.1. The summed E-state index contributed by atoms with van der Waals surface area (Å²) < 4.78 is 43.6. The molecule has 0 bridgehead atoms. The highest BCUT2D eigenvalue weighted by molar-refractivity contribution is 7.89. The smallest absolute Gasteiger partial charge is 0.407 e. The summed E-state index contributed by atoms with van der Waals surface area (Å²) in [7, 11) is -3.09. The summed E-state index contributed by atoms with van der Waals surface area (Å²) >= 11 is 0. The summed E-state index contributed by atoms with van der Waals surface area (Å²) in [4.78, 5) is 34.6. The van der Waals surface area contributed by atoms with Gasteiger partial charge in [-0.05, 0) is 64.3 Å². The highest BCUT2D eigenvalue weighted by atomic mass is 32.2. The molecule has 3 N–H and O–H groups in total. The van der Waals surface area contributed by atoms with Gasteiger partial charge in [-0.2, -0.15) is 4.72 Å². The predicted molar refractivity (Wildman–Crippen MR) is 119 cm³/mol. The van der Waals surface area contributed by atoms with Crippen molar-refractivity contribution >= 4 is 28.1 Å². The van der Waals surface area contributed by atoms with E-state index in [1.165, 1.54) is 12.1 Å². The number of nitrogens with one attached hydrogen (secondary N) is 2. The molecule has 0 heterocycles. The van der Waals surface area contributed by atoms with Crippen LogP contribution in [0.2, 0.25) is 0 Å². The van der Waals surface area contributed by atoms with Crippen molar-refractivity contribution in [2.24, 2.45) is 0 Å². The Labute approximate surface area is 193 Å². The van der Waals surface area contributed by atoms with Crippen molar-refractivity contribution in [1.82, 2.24) is 10.0 Å². The number of methoxy groups -OCH3 is 1. The zero-order chi connectivity index (χ0) is 25.4. The molecule has 0 saturated carbocycles. The number of esters is 1. The Kier molecular flexibility index (Phi) is 10.1. The Hall–Kier alpha value is -2.86. The van der Waals surface area contributed by atoms with Crippen molar-refractivity contribution in [2.75, 3.05) is 20.3 Å². The van der Waals surface area contributed by atoms with Gasteiger partial charge < -0.3 is 24.6 Å². The molecular weight excluding hydrogens is 456 g/mol. The molecule has 33 heavy (non-hydrogen) atoms. The number of aryl methyl sites for hydroxylation is 2. The van der Waals surface area contributed by atoms with Gasteiger partial charge in [-0.3, -0.25) is 9.59 Å². The second-order valence-corrected chi connectivity index (χ2v) is 9.96. The number of rotatable bonds is 11. The number of benzene rings is 1. The van der Waals surface area contributed by atoms with Crippen molar-refractivity contribution in [3.63, 3.8) is 0 Å². The summed E-state index contributed by atoms with van der Waals surface area (Å²) in [6.45, 7) is 7.91. The van der Waals surface area contributed by atoms with E-state index in [0.717, 1.165) is 7.11 Å². The molecule has 1 rings (SSSR count). The number of carbonyl (C=O) groups excluding carboxylic acids is 2. The first-order chi connectivity index (χ1) is 15.2.